The number of benzene rings is 1. The molecule has 2 aromatic rings. The van der Waals surface area contributed by atoms with Crippen LogP contribution in [0.2, 0.25) is 0 Å². The molecule has 0 amide bonds. The zero-order valence-electron chi connectivity index (χ0n) is 11.7. The zero-order valence-corrected chi connectivity index (χ0v) is 11.7. The highest BCUT2D eigenvalue weighted by Crippen LogP contribution is 2.19. The van der Waals surface area contributed by atoms with Gasteiger partial charge < -0.3 is 10.6 Å². The van der Waals surface area contributed by atoms with Gasteiger partial charge in [0, 0.05) is 19.1 Å². The van der Waals surface area contributed by atoms with Gasteiger partial charge in [-0.05, 0) is 25.0 Å². The molecule has 2 rings (SSSR count). The molecule has 19 heavy (non-hydrogen) atoms. The van der Waals surface area contributed by atoms with Crippen molar-refractivity contribution in [2.24, 2.45) is 5.73 Å². The van der Waals surface area contributed by atoms with Gasteiger partial charge in [-0.25, -0.2) is 4.98 Å². The largest absolute Gasteiger partial charge is 0.351 e. The minimum Gasteiger partial charge on any atom is -0.351 e. The quantitative estimate of drug-likeness (QED) is 0.865. The summed E-state index contributed by atoms with van der Waals surface area (Å²) < 4.78 is 0. The van der Waals surface area contributed by atoms with E-state index in [1.165, 1.54) is 0 Å². The van der Waals surface area contributed by atoms with Crippen LogP contribution in [0, 0.1) is 0 Å². The molecule has 0 saturated heterocycles. The molecule has 0 aliphatic rings. The molecule has 2 N–H and O–H groups in total. The minimum atomic E-state index is 0.471. The van der Waals surface area contributed by atoms with Crippen LogP contribution in [0.1, 0.15) is 26.7 Å². The third-order valence-electron chi connectivity index (χ3n) is 3.48. The molecule has 4 heteroatoms. The molecule has 1 heterocycles. The molecule has 0 aliphatic heterocycles. The molecule has 0 aliphatic carbocycles. The van der Waals surface area contributed by atoms with Crippen molar-refractivity contribution in [2.75, 3.05) is 18.0 Å². The summed E-state index contributed by atoms with van der Waals surface area (Å²) >= 11 is 0. The first-order valence-corrected chi connectivity index (χ1v) is 6.98. The second-order valence-electron chi connectivity index (χ2n) is 4.67. The Morgan fingerprint density at radius 1 is 1.16 bits per heavy atom. The summed E-state index contributed by atoms with van der Waals surface area (Å²) in [4.78, 5) is 11.5. The summed E-state index contributed by atoms with van der Waals surface area (Å²) in [6.07, 6.45) is 4.03. The molecule has 1 aromatic heterocycles. The van der Waals surface area contributed by atoms with Crippen molar-refractivity contribution in [3.63, 3.8) is 0 Å². The van der Waals surface area contributed by atoms with E-state index in [9.17, 15) is 0 Å². The van der Waals surface area contributed by atoms with E-state index in [2.05, 4.69) is 23.7 Å². The molecule has 1 aromatic carbocycles. The van der Waals surface area contributed by atoms with Crippen molar-refractivity contribution < 1.29 is 0 Å². The number of aromatic nitrogens is 2. The third-order valence-corrected chi connectivity index (χ3v) is 3.48. The Morgan fingerprint density at radius 2 is 1.84 bits per heavy atom. The van der Waals surface area contributed by atoms with Crippen LogP contribution in [0.25, 0.3) is 11.0 Å². The van der Waals surface area contributed by atoms with Crippen LogP contribution in [0.15, 0.2) is 30.5 Å². The van der Waals surface area contributed by atoms with Crippen molar-refractivity contribution in [2.45, 2.75) is 32.7 Å². The summed E-state index contributed by atoms with van der Waals surface area (Å²) in [7, 11) is 0. The summed E-state index contributed by atoms with van der Waals surface area (Å²) in [5, 5.41) is 0. The van der Waals surface area contributed by atoms with Gasteiger partial charge in [-0.3, -0.25) is 4.98 Å². The van der Waals surface area contributed by atoms with Gasteiger partial charge in [-0.2, -0.15) is 0 Å². The smallest absolute Gasteiger partial charge is 0.148 e. The number of fused-ring (bicyclic) bond motifs is 1. The van der Waals surface area contributed by atoms with E-state index in [1.807, 2.05) is 30.5 Å². The summed E-state index contributed by atoms with van der Waals surface area (Å²) in [6, 6.07) is 8.43. The lowest BCUT2D eigenvalue weighted by Gasteiger charge is -2.31. The predicted octanol–water partition coefficient (Wildman–Crippen LogP) is 2.58. The normalized spacial score (nSPS) is 11.2. The first-order chi connectivity index (χ1) is 9.30. The molecule has 0 radical (unpaired) electrons. The lowest BCUT2D eigenvalue weighted by Crippen LogP contribution is -2.39. The fourth-order valence-electron chi connectivity index (χ4n) is 2.44. The van der Waals surface area contributed by atoms with Crippen LogP contribution in [0.3, 0.4) is 0 Å². The van der Waals surface area contributed by atoms with Crippen molar-refractivity contribution in [1.29, 1.82) is 0 Å². The second-order valence-corrected chi connectivity index (χ2v) is 4.67. The average Bonchev–Trinajstić information content (AvgIpc) is 2.47. The molecule has 0 fully saturated rings. The Labute approximate surface area is 114 Å². The number of nitrogens with zero attached hydrogens (tertiary/aromatic N) is 3. The van der Waals surface area contributed by atoms with Gasteiger partial charge in [0.25, 0.3) is 0 Å². The Kier molecular flexibility index (Phi) is 4.68. The number of hydrogen-bond donors (Lipinski definition) is 1. The number of nitrogens with two attached hydrogens (primary N) is 1. The topological polar surface area (TPSA) is 55.0 Å². The fourth-order valence-corrected chi connectivity index (χ4v) is 2.44. The van der Waals surface area contributed by atoms with E-state index in [-0.39, 0.29) is 0 Å². The highest BCUT2D eigenvalue weighted by molar-refractivity contribution is 5.75. The Balaban J connectivity index is 2.37. The monoisotopic (exact) mass is 258 g/mol. The molecule has 4 nitrogen and oxygen atoms in total. The molecule has 102 valence electrons. The highest BCUT2D eigenvalue weighted by Gasteiger charge is 2.16. The van der Waals surface area contributed by atoms with Gasteiger partial charge in [-0.15, -0.1) is 0 Å². The van der Waals surface area contributed by atoms with E-state index in [0.29, 0.717) is 12.6 Å². The predicted molar refractivity (Wildman–Crippen MR) is 80.3 cm³/mol. The molecule has 0 saturated carbocycles. The van der Waals surface area contributed by atoms with Crippen LogP contribution in [-0.2, 0) is 0 Å². The van der Waals surface area contributed by atoms with Crippen molar-refractivity contribution in [3.05, 3.63) is 30.5 Å². The van der Waals surface area contributed by atoms with Gasteiger partial charge in [0.1, 0.15) is 5.82 Å². The maximum atomic E-state index is 5.74. The molecule has 0 bridgehead atoms. The van der Waals surface area contributed by atoms with E-state index in [4.69, 9.17) is 10.7 Å². The van der Waals surface area contributed by atoms with Gasteiger partial charge in [0.15, 0.2) is 0 Å². The van der Waals surface area contributed by atoms with E-state index in [0.717, 1.165) is 36.2 Å². The second kappa shape index (κ2) is 6.48. The van der Waals surface area contributed by atoms with Gasteiger partial charge >= 0.3 is 0 Å². The number of para-hydroxylation sites is 2. The highest BCUT2D eigenvalue weighted by atomic mass is 15.2. The maximum Gasteiger partial charge on any atom is 0.148 e. The number of hydrogen-bond acceptors (Lipinski definition) is 4. The first kappa shape index (κ1) is 13.7. The summed E-state index contributed by atoms with van der Waals surface area (Å²) in [5.41, 5.74) is 7.61. The summed E-state index contributed by atoms with van der Waals surface area (Å²) in [5.74, 6) is 0.929. The molecular formula is C15H22N4. The Morgan fingerprint density at radius 3 is 2.47 bits per heavy atom. The molecule has 0 atom stereocenters. The zero-order chi connectivity index (χ0) is 13.7. The van der Waals surface area contributed by atoms with Crippen LogP contribution < -0.4 is 10.6 Å². The minimum absolute atomic E-state index is 0.471. The van der Waals surface area contributed by atoms with E-state index >= 15 is 0 Å². The fraction of sp³-hybridized carbons (Fsp3) is 0.467. The standard InChI is InChI=1S/C15H22N4/c1-3-12(4-2)19(10-9-16)15-11-17-13-7-5-6-8-14(13)18-15/h5-8,11-12H,3-4,9-10,16H2,1-2H3. The van der Waals surface area contributed by atoms with Crippen molar-refractivity contribution in [3.8, 4) is 0 Å². The Hall–Kier alpha value is -1.68. The first-order valence-electron chi connectivity index (χ1n) is 6.98. The van der Waals surface area contributed by atoms with Crippen LogP contribution >= 0.6 is 0 Å². The van der Waals surface area contributed by atoms with Gasteiger partial charge in [-0.1, -0.05) is 26.0 Å². The molecule has 0 unspecified atom stereocenters. The van der Waals surface area contributed by atoms with Crippen molar-refractivity contribution in [1.82, 2.24) is 9.97 Å². The van der Waals surface area contributed by atoms with Gasteiger partial charge in [0.05, 0.1) is 17.2 Å². The van der Waals surface area contributed by atoms with E-state index < -0.39 is 0 Å². The molecular weight excluding hydrogens is 236 g/mol. The summed E-state index contributed by atoms with van der Waals surface area (Å²) in [6.45, 7) is 5.85. The lowest BCUT2D eigenvalue weighted by molar-refractivity contribution is 0.554. The van der Waals surface area contributed by atoms with Crippen LogP contribution in [0.5, 0.6) is 0 Å². The van der Waals surface area contributed by atoms with E-state index in [1.54, 1.807) is 0 Å². The Bertz CT molecular complexity index is 522. The van der Waals surface area contributed by atoms with Crippen molar-refractivity contribution >= 4 is 16.9 Å². The van der Waals surface area contributed by atoms with Gasteiger partial charge in [0.2, 0.25) is 0 Å². The number of rotatable bonds is 6. The van der Waals surface area contributed by atoms with Crippen LogP contribution in [-0.4, -0.2) is 29.1 Å². The lowest BCUT2D eigenvalue weighted by atomic mass is 10.1. The maximum absolute atomic E-state index is 5.74. The third kappa shape index (κ3) is 3.01. The SMILES string of the molecule is CCC(CC)N(CCN)c1cnc2ccccc2n1. The van der Waals surface area contributed by atoms with Crippen LogP contribution in [0.4, 0.5) is 5.82 Å². The average molecular weight is 258 g/mol. The number of anilines is 1. The molecule has 0 spiro atoms.